The predicted octanol–water partition coefficient (Wildman–Crippen LogP) is 4.34. The summed E-state index contributed by atoms with van der Waals surface area (Å²) in [6, 6.07) is 0. The van der Waals surface area contributed by atoms with Crippen LogP contribution in [0.4, 0.5) is 0 Å². The van der Waals surface area contributed by atoms with Gasteiger partial charge in [-0.15, -0.1) is 23.2 Å². The number of Topliss-reactive ketones (excluding diaryl/α,β-unsaturated/α-hetero) is 1. The summed E-state index contributed by atoms with van der Waals surface area (Å²) >= 11 is 12.4. The van der Waals surface area contributed by atoms with Crippen molar-refractivity contribution in [3.8, 4) is 0 Å². The molecule has 0 aromatic carbocycles. The number of alkyl halides is 2. The molecule has 0 saturated heterocycles. The normalized spacial score (nSPS) is 35.9. The first-order valence-electron chi connectivity index (χ1n) is 6.56. The molecule has 3 atom stereocenters. The second-order valence-corrected chi connectivity index (χ2v) is 6.29. The molecule has 1 fully saturated rings. The van der Waals surface area contributed by atoms with Crippen LogP contribution in [-0.2, 0) is 4.79 Å². The van der Waals surface area contributed by atoms with Crippen LogP contribution in [0.5, 0.6) is 0 Å². The van der Waals surface area contributed by atoms with Crippen LogP contribution in [0.2, 0.25) is 0 Å². The first-order valence-corrected chi connectivity index (χ1v) is 7.63. The number of fused-ring (bicyclic) bond motifs is 1. The lowest BCUT2D eigenvalue weighted by Gasteiger charge is -2.48. The van der Waals surface area contributed by atoms with E-state index in [0.29, 0.717) is 24.1 Å². The minimum absolute atomic E-state index is 0.208. The Morgan fingerprint density at radius 3 is 2.83 bits per heavy atom. The lowest BCUT2D eigenvalue weighted by Crippen LogP contribution is -2.46. The number of hydrogen-bond acceptors (Lipinski definition) is 1. The zero-order chi connectivity index (χ0) is 13.3. The van der Waals surface area contributed by atoms with E-state index in [1.165, 1.54) is 0 Å². The van der Waals surface area contributed by atoms with Gasteiger partial charge in [0.25, 0.3) is 0 Å². The molecule has 1 nitrogen and oxygen atoms in total. The zero-order valence-electron chi connectivity index (χ0n) is 10.8. The third-order valence-electron chi connectivity index (χ3n) is 4.65. The van der Waals surface area contributed by atoms with Gasteiger partial charge in [0.15, 0.2) is 5.78 Å². The highest BCUT2D eigenvalue weighted by Gasteiger charge is 2.49. The van der Waals surface area contributed by atoms with E-state index in [4.69, 9.17) is 23.2 Å². The highest BCUT2D eigenvalue weighted by molar-refractivity contribution is 6.20. The van der Waals surface area contributed by atoms with E-state index in [0.717, 1.165) is 30.4 Å². The Hall–Kier alpha value is -0.270. The van der Waals surface area contributed by atoms with Crippen molar-refractivity contribution in [2.45, 2.75) is 32.6 Å². The molecule has 18 heavy (non-hydrogen) atoms. The van der Waals surface area contributed by atoms with Crippen LogP contribution in [0.1, 0.15) is 32.6 Å². The number of allylic oxidation sites excluding steroid dienone is 3. The predicted molar refractivity (Wildman–Crippen MR) is 77.2 cm³/mol. The quantitative estimate of drug-likeness (QED) is 0.557. The van der Waals surface area contributed by atoms with E-state index in [1.54, 1.807) is 0 Å². The monoisotopic (exact) mass is 286 g/mol. The smallest absolute Gasteiger partial charge is 0.159 e. The molecule has 3 unspecified atom stereocenters. The number of ketones is 1. The molecule has 0 bridgehead atoms. The van der Waals surface area contributed by atoms with Crippen LogP contribution in [0, 0.1) is 17.3 Å². The van der Waals surface area contributed by atoms with E-state index in [9.17, 15) is 4.79 Å². The molecule has 0 heterocycles. The van der Waals surface area contributed by atoms with Gasteiger partial charge in [-0.1, -0.05) is 18.2 Å². The van der Waals surface area contributed by atoms with Gasteiger partial charge in [-0.05, 0) is 43.6 Å². The minimum Gasteiger partial charge on any atom is -0.295 e. The largest absolute Gasteiger partial charge is 0.295 e. The summed E-state index contributed by atoms with van der Waals surface area (Å²) in [5.41, 5.74) is 1.83. The highest BCUT2D eigenvalue weighted by Crippen LogP contribution is 2.53. The fourth-order valence-corrected chi connectivity index (χ4v) is 4.37. The Morgan fingerprint density at radius 1 is 1.56 bits per heavy atom. The Labute approximate surface area is 119 Å². The van der Waals surface area contributed by atoms with Gasteiger partial charge in [0.2, 0.25) is 0 Å². The molecule has 0 aromatic rings. The number of carbonyl (C=O) groups excluding carboxylic acids is 1. The first kappa shape index (κ1) is 14.1. The van der Waals surface area contributed by atoms with Gasteiger partial charge in [-0.3, -0.25) is 4.79 Å². The van der Waals surface area contributed by atoms with E-state index in [2.05, 4.69) is 12.7 Å². The minimum atomic E-state index is -0.208. The van der Waals surface area contributed by atoms with Crippen molar-refractivity contribution in [2.24, 2.45) is 17.3 Å². The van der Waals surface area contributed by atoms with Crippen LogP contribution in [0.3, 0.4) is 0 Å². The molecule has 0 radical (unpaired) electrons. The molecular formula is C15H20Cl2O. The SMILES string of the molecule is C=C(C)C1CC(=O)C2=CCCC(CCl)C2(CCl)C1. The molecule has 0 aliphatic heterocycles. The van der Waals surface area contributed by atoms with Crippen molar-refractivity contribution in [1.29, 1.82) is 0 Å². The summed E-state index contributed by atoms with van der Waals surface area (Å²) in [5, 5.41) is 0. The van der Waals surface area contributed by atoms with E-state index in [1.807, 2.05) is 6.92 Å². The van der Waals surface area contributed by atoms with Crippen molar-refractivity contribution >= 4 is 29.0 Å². The third kappa shape index (κ3) is 2.16. The van der Waals surface area contributed by atoms with Crippen LogP contribution >= 0.6 is 23.2 Å². The highest BCUT2D eigenvalue weighted by atomic mass is 35.5. The summed E-state index contributed by atoms with van der Waals surface area (Å²) in [6.07, 6.45) is 5.61. The van der Waals surface area contributed by atoms with Crippen molar-refractivity contribution < 1.29 is 4.79 Å². The summed E-state index contributed by atoms with van der Waals surface area (Å²) < 4.78 is 0. The lowest BCUT2D eigenvalue weighted by atomic mass is 9.57. The van der Waals surface area contributed by atoms with Gasteiger partial charge in [-0.2, -0.15) is 0 Å². The van der Waals surface area contributed by atoms with Gasteiger partial charge < -0.3 is 0 Å². The molecule has 0 amide bonds. The van der Waals surface area contributed by atoms with Crippen molar-refractivity contribution in [3.63, 3.8) is 0 Å². The zero-order valence-corrected chi connectivity index (χ0v) is 12.4. The first-order chi connectivity index (χ1) is 8.55. The van der Waals surface area contributed by atoms with E-state index in [-0.39, 0.29) is 17.1 Å². The molecule has 2 rings (SSSR count). The van der Waals surface area contributed by atoms with Gasteiger partial charge in [0, 0.05) is 23.6 Å². The van der Waals surface area contributed by atoms with Gasteiger partial charge >= 0.3 is 0 Å². The maximum absolute atomic E-state index is 12.4. The number of hydrogen-bond donors (Lipinski definition) is 0. The van der Waals surface area contributed by atoms with Crippen molar-refractivity contribution in [1.82, 2.24) is 0 Å². The average molecular weight is 287 g/mol. The summed E-state index contributed by atoms with van der Waals surface area (Å²) in [4.78, 5) is 12.4. The van der Waals surface area contributed by atoms with Gasteiger partial charge in [0.1, 0.15) is 0 Å². The van der Waals surface area contributed by atoms with Crippen molar-refractivity contribution in [3.05, 3.63) is 23.8 Å². The van der Waals surface area contributed by atoms with Crippen LogP contribution in [0.15, 0.2) is 23.8 Å². The topological polar surface area (TPSA) is 17.1 Å². The van der Waals surface area contributed by atoms with E-state index >= 15 is 0 Å². The number of halogens is 2. The molecule has 0 N–H and O–H groups in total. The van der Waals surface area contributed by atoms with Crippen molar-refractivity contribution in [2.75, 3.05) is 11.8 Å². The van der Waals surface area contributed by atoms with Crippen LogP contribution in [0.25, 0.3) is 0 Å². The number of carbonyl (C=O) groups is 1. The molecule has 100 valence electrons. The van der Waals surface area contributed by atoms with Crippen LogP contribution in [-0.4, -0.2) is 17.5 Å². The summed E-state index contributed by atoms with van der Waals surface area (Å²) in [7, 11) is 0. The van der Waals surface area contributed by atoms with Gasteiger partial charge in [0.05, 0.1) is 0 Å². The summed E-state index contributed by atoms with van der Waals surface area (Å²) in [5.74, 6) is 1.91. The molecule has 3 heteroatoms. The van der Waals surface area contributed by atoms with Crippen LogP contribution < -0.4 is 0 Å². The lowest BCUT2D eigenvalue weighted by molar-refractivity contribution is -0.120. The number of rotatable bonds is 3. The van der Waals surface area contributed by atoms with E-state index < -0.39 is 0 Å². The molecule has 0 spiro atoms. The molecular weight excluding hydrogens is 267 g/mol. The fourth-order valence-electron chi connectivity index (χ4n) is 3.45. The standard InChI is InChI=1S/C15H20Cl2O/c1-10(2)11-6-14(18)13-5-3-4-12(8-16)15(13,7-11)9-17/h5,11-12H,1,3-4,6-9H2,2H3. The van der Waals surface area contributed by atoms with Gasteiger partial charge in [-0.25, -0.2) is 0 Å². The fraction of sp³-hybridized carbons (Fsp3) is 0.667. The Kier molecular flexibility index (Phi) is 4.23. The molecule has 2 aliphatic carbocycles. The Balaban J connectivity index is 2.42. The molecule has 0 aromatic heterocycles. The second kappa shape index (κ2) is 5.38. The maximum Gasteiger partial charge on any atom is 0.159 e. The average Bonchev–Trinajstić information content (AvgIpc) is 2.37. The molecule has 1 saturated carbocycles. The Bertz CT molecular complexity index is 399. The second-order valence-electron chi connectivity index (χ2n) is 5.71. The maximum atomic E-state index is 12.4. The molecule has 2 aliphatic rings. The summed E-state index contributed by atoms with van der Waals surface area (Å²) in [6.45, 7) is 6.03. The Morgan fingerprint density at radius 2 is 2.28 bits per heavy atom. The third-order valence-corrected chi connectivity index (χ3v) is 5.50.